The smallest absolute Gasteiger partial charge is 0.370 e. The summed E-state index contributed by atoms with van der Waals surface area (Å²) in [5.41, 5.74) is 1.01. The molecule has 1 saturated heterocycles. The van der Waals surface area contributed by atoms with Gasteiger partial charge in [-0.2, -0.15) is 13.2 Å². The van der Waals surface area contributed by atoms with Crippen LogP contribution < -0.4 is 4.90 Å². The molecule has 4 heterocycles. The van der Waals surface area contributed by atoms with Gasteiger partial charge in [-0.3, -0.25) is 0 Å². The van der Waals surface area contributed by atoms with E-state index in [2.05, 4.69) is 20.2 Å². The minimum Gasteiger partial charge on any atom is -0.370 e. The van der Waals surface area contributed by atoms with Gasteiger partial charge in [0.2, 0.25) is 5.82 Å². The third kappa shape index (κ3) is 3.38. The summed E-state index contributed by atoms with van der Waals surface area (Å²) in [5.74, 6) is 0.898. The van der Waals surface area contributed by atoms with E-state index in [1.54, 1.807) is 13.8 Å². The topological polar surface area (TPSA) is 69.0 Å². The molecule has 146 valence electrons. The lowest BCUT2D eigenvalue weighted by Crippen LogP contribution is -2.30. The Labute approximate surface area is 154 Å². The molecule has 27 heavy (non-hydrogen) atoms. The van der Waals surface area contributed by atoms with E-state index < -0.39 is 12.0 Å². The number of halogens is 3. The fraction of sp³-hybridized carbons (Fsp3) is 0.647. The predicted molar refractivity (Wildman–Crippen MR) is 90.4 cm³/mol. The molecule has 0 bridgehead atoms. The van der Waals surface area contributed by atoms with Crippen LogP contribution in [0, 0.1) is 13.8 Å². The lowest BCUT2D eigenvalue weighted by molar-refractivity contribution is -0.145. The Morgan fingerprint density at radius 3 is 2.59 bits per heavy atom. The van der Waals surface area contributed by atoms with Crippen molar-refractivity contribution in [1.82, 2.24) is 24.7 Å². The molecule has 1 atom stereocenters. The first kappa shape index (κ1) is 18.1. The number of aromatic nitrogens is 5. The largest absolute Gasteiger partial charge is 0.451 e. The van der Waals surface area contributed by atoms with Crippen LogP contribution in [0.5, 0.6) is 0 Å². The summed E-state index contributed by atoms with van der Waals surface area (Å²) in [4.78, 5) is 9.33. The Balaban J connectivity index is 1.61. The average Bonchev–Trinajstić information content (AvgIpc) is 3.22. The van der Waals surface area contributed by atoms with Crippen molar-refractivity contribution in [2.75, 3.05) is 24.6 Å². The second kappa shape index (κ2) is 6.74. The highest BCUT2D eigenvalue weighted by Gasteiger charge is 2.36. The van der Waals surface area contributed by atoms with E-state index in [1.807, 2.05) is 9.47 Å². The van der Waals surface area contributed by atoms with Gasteiger partial charge < -0.3 is 14.2 Å². The molecule has 0 spiro atoms. The van der Waals surface area contributed by atoms with E-state index in [0.29, 0.717) is 43.1 Å². The first-order valence-electron chi connectivity index (χ1n) is 9.05. The van der Waals surface area contributed by atoms with Gasteiger partial charge in [-0.25, -0.2) is 9.97 Å². The maximum Gasteiger partial charge on any atom is 0.451 e. The molecule has 0 N–H and O–H groups in total. The van der Waals surface area contributed by atoms with Crippen LogP contribution in [-0.4, -0.2) is 44.4 Å². The Morgan fingerprint density at radius 2 is 1.89 bits per heavy atom. The van der Waals surface area contributed by atoms with Crippen molar-refractivity contribution in [1.29, 1.82) is 0 Å². The van der Waals surface area contributed by atoms with Gasteiger partial charge in [-0.15, -0.1) is 10.2 Å². The first-order valence-corrected chi connectivity index (χ1v) is 9.05. The van der Waals surface area contributed by atoms with Gasteiger partial charge in [0.1, 0.15) is 17.7 Å². The van der Waals surface area contributed by atoms with E-state index in [-0.39, 0.29) is 6.10 Å². The number of ether oxygens (including phenoxy) is 1. The summed E-state index contributed by atoms with van der Waals surface area (Å²) >= 11 is 0. The van der Waals surface area contributed by atoms with Crippen molar-refractivity contribution in [2.45, 2.75) is 51.9 Å². The Hall–Kier alpha value is -2.23. The second-order valence-corrected chi connectivity index (χ2v) is 6.94. The Bertz CT molecular complexity index is 844. The van der Waals surface area contributed by atoms with E-state index in [1.165, 1.54) is 0 Å². The lowest BCUT2D eigenvalue weighted by Gasteiger charge is -2.24. The van der Waals surface area contributed by atoms with Gasteiger partial charge in [-0.1, -0.05) is 0 Å². The van der Waals surface area contributed by atoms with E-state index in [9.17, 15) is 13.2 Å². The summed E-state index contributed by atoms with van der Waals surface area (Å²) in [6.07, 6.45) is -2.11. The number of alkyl halides is 3. The zero-order valence-electron chi connectivity index (χ0n) is 15.3. The van der Waals surface area contributed by atoms with Crippen LogP contribution in [0.15, 0.2) is 0 Å². The number of anilines is 1. The van der Waals surface area contributed by atoms with Crippen molar-refractivity contribution in [3.63, 3.8) is 0 Å². The number of aryl methyl sites for hydroxylation is 1. The van der Waals surface area contributed by atoms with E-state index in [4.69, 9.17) is 4.74 Å². The number of nitrogens with zero attached hydrogens (tertiary/aromatic N) is 6. The summed E-state index contributed by atoms with van der Waals surface area (Å²) in [7, 11) is 0. The molecule has 0 radical (unpaired) electrons. The fourth-order valence-electron chi connectivity index (χ4n) is 3.62. The van der Waals surface area contributed by atoms with Crippen LogP contribution in [0.2, 0.25) is 0 Å². The number of hydrogen-bond acceptors (Lipinski definition) is 6. The molecule has 10 heteroatoms. The SMILES string of the molecule is Cc1nc(C(F)(F)F)nc(N2CCc3nnc(C4CCCO4)n3CC2)c1C. The molecule has 1 unspecified atom stereocenters. The van der Waals surface area contributed by atoms with E-state index in [0.717, 1.165) is 31.1 Å². The van der Waals surface area contributed by atoms with Crippen molar-refractivity contribution < 1.29 is 17.9 Å². The van der Waals surface area contributed by atoms with Crippen molar-refractivity contribution in [2.24, 2.45) is 0 Å². The van der Waals surface area contributed by atoms with Gasteiger partial charge in [0, 0.05) is 43.9 Å². The van der Waals surface area contributed by atoms with Crippen LogP contribution >= 0.6 is 0 Å². The van der Waals surface area contributed by atoms with Crippen molar-refractivity contribution in [3.8, 4) is 0 Å². The molecule has 1 fully saturated rings. The predicted octanol–water partition coefficient (Wildman–Crippen LogP) is 2.62. The van der Waals surface area contributed by atoms with Crippen molar-refractivity contribution in [3.05, 3.63) is 28.7 Å². The minimum atomic E-state index is -4.57. The Morgan fingerprint density at radius 1 is 1.07 bits per heavy atom. The van der Waals surface area contributed by atoms with Gasteiger partial charge in [0.15, 0.2) is 5.82 Å². The maximum absolute atomic E-state index is 13.1. The van der Waals surface area contributed by atoms with Gasteiger partial charge in [0.25, 0.3) is 0 Å². The van der Waals surface area contributed by atoms with Crippen LogP contribution in [0.25, 0.3) is 0 Å². The molecule has 7 nitrogen and oxygen atoms in total. The van der Waals surface area contributed by atoms with Gasteiger partial charge in [-0.05, 0) is 26.7 Å². The average molecular weight is 382 g/mol. The lowest BCUT2D eigenvalue weighted by atomic mass is 10.2. The molecule has 2 aliphatic heterocycles. The number of fused-ring (bicyclic) bond motifs is 1. The Kier molecular flexibility index (Phi) is 4.53. The molecule has 0 saturated carbocycles. The summed E-state index contributed by atoms with van der Waals surface area (Å²) < 4.78 is 47.2. The second-order valence-electron chi connectivity index (χ2n) is 6.94. The molecule has 2 aromatic rings. The molecule has 4 rings (SSSR count). The quantitative estimate of drug-likeness (QED) is 0.795. The monoisotopic (exact) mass is 382 g/mol. The molecule has 2 aliphatic rings. The van der Waals surface area contributed by atoms with Crippen LogP contribution in [0.1, 0.15) is 47.7 Å². The molecule has 0 amide bonds. The standard InChI is InChI=1S/C17H21F3N6O/c1-10-11(2)21-16(17(18,19)20)22-14(10)25-6-5-13-23-24-15(26(13)8-7-25)12-4-3-9-27-12/h12H,3-9H2,1-2H3. The highest BCUT2D eigenvalue weighted by Crippen LogP contribution is 2.31. The number of hydrogen-bond donors (Lipinski definition) is 0. The molecular weight excluding hydrogens is 361 g/mol. The third-order valence-electron chi connectivity index (χ3n) is 5.19. The van der Waals surface area contributed by atoms with E-state index >= 15 is 0 Å². The highest BCUT2D eigenvalue weighted by molar-refractivity contribution is 5.48. The number of rotatable bonds is 2. The van der Waals surface area contributed by atoms with Crippen LogP contribution in [-0.2, 0) is 23.9 Å². The van der Waals surface area contributed by atoms with Gasteiger partial charge >= 0.3 is 6.18 Å². The third-order valence-corrected chi connectivity index (χ3v) is 5.19. The summed E-state index contributed by atoms with van der Waals surface area (Å²) in [6, 6.07) is 0. The summed E-state index contributed by atoms with van der Waals surface area (Å²) in [5, 5.41) is 8.57. The molecule has 2 aromatic heterocycles. The molecule has 0 aliphatic carbocycles. The van der Waals surface area contributed by atoms with Crippen molar-refractivity contribution >= 4 is 5.82 Å². The zero-order chi connectivity index (χ0) is 19.2. The molecular formula is C17H21F3N6O. The molecule has 0 aromatic carbocycles. The minimum absolute atomic E-state index is 0.0438. The first-order chi connectivity index (χ1) is 12.8. The van der Waals surface area contributed by atoms with Crippen LogP contribution in [0.3, 0.4) is 0 Å². The zero-order valence-corrected chi connectivity index (χ0v) is 15.3. The highest BCUT2D eigenvalue weighted by atomic mass is 19.4. The fourth-order valence-corrected chi connectivity index (χ4v) is 3.62. The maximum atomic E-state index is 13.1. The van der Waals surface area contributed by atoms with Gasteiger partial charge in [0.05, 0.1) is 0 Å². The summed E-state index contributed by atoms with van der Waals surface area (Å²) in [6.45, 7) is 5.70. The van der Waals surface area contributed by atoms with Crippen LogP contribution in [0.4, 0.5) is 19.0 Å². The normalized spacial score (nSPS) is 20.6.